The molecule has 0 saturated heterocycles. The summed E-state index contributed by atoms with van der Waals surface area (Å²) in [4.78, 5) is 24.6. The Morgan fingerprint density at radius 2 is 1.95 bits per heavy atom. The van der Waals surface area contributed by atoms with Gasteiger partial charge in [0, 0.05) is 38.3 Å². The summed E-state index contributed by atoms with van der Waals surface area (Å²) in [5.41, 5.74) is 7.98. The number of benzene rings is 1. The molecule has 3 N–H and O–H groups in total. The molecule has 1 aromatic carbocycles. The molecule has 0 unspecified atom stereocenters. The predicted octanol–water partition coefficient (Wildman–Crippen LogP) is 1.77. The van der Waals surface area contributed by atoms with E-state index in [0.717, 1.165) is 11.3 Å². The van der Waals surface area contributed by atoms with Crippen LogP contribution in [0.25, 0.3) is 0 Å². The lowest BCUT2D eigenvalue weighted by Gasteiger charge is -2.11. The van der Waals surface area contributed by atoms with Crippen molar-refractivity contribution in [3.05, 3.63) is 23.8 Å². The van der Waals surface area contributed by atoms with E-state index in [-0.39, 0.29) is 11.8 Å². The lowest BCUT2D eigenvalue weighted by atomic mass is 10.1. The first kappa shape index (κ1) is 15.0. The number of aryl methyl sites for hydroxylation is 1. The molecule has 0 heterocycles. The average Bonchev–Trinajstić information content (AvgIpc) is 2.33. The second kappa shape index (κ2) is 6.78. The summed E-state index contributed by atoms with van der Waals surface area (Å²) >= 11 is 0. The number of nitrogens with two attached hydrogens (primary N) is 1. The van der Waals surface area contributed by atoms with Gasteiger partial charge in [-0.3, -0.25) is 9.59 Å². The van der Waals surface area contributed by atoms with Crippen molar-refractivity contribution in [2.24, 2.45) is 0 Å². The summed E-state index contributed by atoms with van der Waals surface area (Å²) in [6.45, 7) is 1.91. The Morgan fingerprint density at radius 3 is 2.58 bits per heavy atom. The molecule has 1 rings (SSSR count). The maximum Gasteiger partial charge on any atom is 0.224 e. The van der Waals surface area contributed by atoms with Crippen LogP contribution < -0.4 is 11.1 Å². The van der Waals surface area contributed by atoms with E-state index in [1.165, 1.54) is 4.90 Å². The summed E-state index contributed by atoms with van der Waals surface area (Å²) in [6, 6.07) is 5.39. The van der Waals surface area contributed by atoms with E-state index in [4.69, 9.17) is 5.73 Å². The van der Waals surface area contributed by atoms with Crippen LogP contribution in [-0.2, 0) is 9.59 Å². The fraction of sp³-hybridized carbons (Fsp3) is 0.429. The van der Waals surface area contributed by atoms with E-state index in [2.05, 4.69) is 5.32 Å². The highest BCUT2D eigenvalue weighted by molar-refractivity contribution is 5.92. The smallest absolute Gasteiger partial charge is 0.224 e. The zero-order valence-electron chi connectivity index (χ0n) is 11.7. The lowest BCUT2D eigenvalue weighted by Crippen LogP contribution is -2.22. The highest BCUT2D eigenvalue weighted by Crippen LogP contribution is 2.18. The summed E-state index contributed by atoms with van der Waals surface area (Å²) in [6.07, 6.45) is 1.26. The number of nitrogens with one attached hydrogen (secondary N) is 1. The first-order valence-electron chi connectivity index (χ1n) is 6.26. The van der Waals surface area contributed by atoms with Crippen LogP contribution in [0.4, 0.5) is 11.4 Å². The summed E-state index contributed by atoms with van der Waals surface area (Å²) < 4.78 is 0. The minimum absolute atomic E-state index is 0.0351. The third-order valence-electron chi connectivity index (χ3n) is 2.83. The highest BCUT2D eigenvalue weighted by Gasteiger charge is 2.08. The van der Waals surface area contributed by atoms with Crippen molar-refractivity contribution in [3.63, 3.8) is 0 Å². The normalized spacial score (nSPS) is 10.1. The predicted molar refractivity (Wildman–Crippen MR) is 76.8 cm³/mol. The van der Waals surface area contributed by atoms with Gasteiger partial charge in [0.25, 0.3) is 0 Å². The highest BCUT2D eigenvalue weighted by atomic mass is 16.2. The van der Waals surface area contributed by atoms with Crippen LogP contribution in [0, 0.1) is 6.92 Å². The summed E-state index contributed by atoms with van der Waals surface area (Å²) in [5, 5.41) is 2.81. The van der Waals surface area contributed by atoms with Crippen molar-refractivity contribution in [3.8, 4) is 0 Å². The number of anilines is 2. The molecule has 0 saturated carbocycles. The van der Waals surface area contributed by atoms with Crippen LogP contribution in [0.3, 0.4) is 0 Å². The zero-order valence-corrected chi connectivity index (χ0v) is 11.7. The molecule has 2 amide bonds. The van der Waals surface area contributed by atoms with Gasteiger partial charge < -0.3 is 16.0 Å². The van der Waals surface area contributed by atoms with Crippen LogP contribution in [0.5, 0.6) is 0 Å². The minimum Gasteiger partial charge on any atom is -0.399 e. The number of amides is 2. The van der Waals surface area contributed by atoms with Crippen molar-refractivity contribution in [1.82, 2.24) is 4.90 Å². The molecular formula is C14H21N3O2. The number of nitrogen functional groups attached to an aromatic ring is 1. The molecule has 0 spiro atoms. The van der Waals surface area contributed by atoms with Crippen molar-refractivity contribution in [1.29, 1.82) is 0 Å². The molecule has 5 nitrogen and oxygen atoms in total. The molecule has 0 fully saturated rings. The van der Waals surface area contributed by atoms with Crippen molar-refractivity contribution in [2.75, 3.05) is 25.1 Å². The molecule has 19 heavy (non-hydrogen) atoms. The van der Waals surface area contributed by atoms with Crippen LogP contribution in [0.15, 0.2) is 18.2 Å². The zero-order chi connectivity index (χ0) is 14.4. The number of carbonyl (C=O) groups excluding carboxylic acids is 2. The van der Waals surface area contributed by atoms with Crippen LogP contribution in [0.2, 0.25) is 0 Å². The fourth-order valence-corrected chi connectivity index (χ4v) is 1.61. The van der Waals surface area contributed by atoms with E-state index >= 15 is 0 Å². The van der Waals surface area contributed by atoms with Crippen molar-refractivity contribution >= 4 is 23.2 Å². The van der Waals surface area contributed by atoms with Gasteiger partial charge in [0.2, 0.25) is 11.8 Å². The maximum absolute atomic E-state index is 11.8. The molecular weight excluding hydrogens is 242 g/mol. The van der Waals surface area contributed by atoms with E-state index < -0.39 is 0 Å². The monoisotopic (exact) mass is 263 g/mol. The van der Waals surface area contributed by atoms with Crippen molar-refractivity contribution in [2.45, 2.75) is 26.2 Å². The van der Waals surface area contributed by atoms with Gasteiger partial charge in [0.15, 0.2) is 0 Å². The molecule has 0 aromatic heterocycles. The molecule has 0 aliphatic heterocycles. The number of hydrogen-bond acceptors (Lipinski definition) is 3. The second-order valence-electron chi connectivity index (χ2n) is 4.76. The number of carbonyl (C=O) groups is 2. The van der Waals surface area contributed by atoms with Crippen LogP contribution >= 0.6 is 0 Å². The Labute approximate surface area is 113 Å². The van der Waals surface area contributed by atoms with Gasteiger partial charge in [-0.1, -0.05) is 6.07 Å². The third kappa shape index (κ3) is 4.99. The van der Waals surface area contributed by atoms with Gasteiger partial charge in [0.1, 0.15) is 0 Å². The quantitative estimate of drug-likeness (QED) is 0.795. The van der Waals surface area contributed by atoms with Gasteiger partial charge in [0.05, 0.1) is 0 Å². The molecule has 0 radical (unpaired) electrons. The molecule has 5 heteroatoms. The largest absolute Gasteiger partial charge is 0.399 e. The van der Waals surface area contributed by atoms with E-state index in [1.807, 2.05) is 13.0 Å². The molecule has 0 aliphatic carbocycles. The molecule has 104 valence electrons. The second-order valence-corrected chi connectivity index (χ2v) is 4.76. The summed E-state index contributed by atoms with van der Waals surface area (Å²) in [5.74, 6) is -0.0619. The van der Waals surface area contributed by atoms with Crippen LogP contribution in [-0.4, -0.2) is 30.8 Å². The van der Waals surface area contributed by atoms with Gasteiger partial charge in [-0.15, -0.1) is 0 Å². The number of rotatable bonds is 5. The minimum atomic E-state index is -0.0970. The Morgan fingerprint density at radius 1 is 1.26 bits per heavy atom. The van der Waals surface area contributed by atoms with Crippen molar-refractivity contribution < 1.29 is 9.59 Å². The molecule has 0 aliphatic rings. The topological polar surface area (TPSA) is 75.4 Å². The first-order valence-corrected chi connectivity index (χ1v) is 6.26. The lowest BCUT2D eigenvalue weighted by molar-refractivity contribution is -0.128. The fourth-order valence-electron chi connectivity index (χ4n) is 1.61. The third-order valence-corrected chi connectivity index (χ3v) is 2.83. The Kier molecular flexibility index (Phi) is 5.36. The van der Waals surface area contributed by atoms with Gasteiger partial charge >= 0.3 is 0 Å². The van der Waals surface area contributed by atoms with Gasteiger partial charge in [-0.05, 0) is 31.0 Å². The molecule has 1 aromatic rings. The SMILES string of the molecule is Cc1ccc(N)cc1NC(=O)CCCC(=O)N(C)C. The molecule has 0 atom stereocenters. The Bertz CT molecular complexity index is 470. The van der Waals surface area contributed by atoms with E-state index in [0.29, 0.717) is 24.9 Å². The molecule has 0 bridgehead atoms. The first-order chi connectivity index (χ1) is 8.90. The Balaban J connectivity index is 2.43. The van der Waals surface area contributed by atoms with Gasteiger partial charge in [-0.2, -0.15) is 0 Å². The van der Waals surface area contributed by atoms with Gasteiger partial charge in [-0.25, -0.2) is 0 Å². The number of hydrogen-bond donors (Lipinski definition) is 2. The Hall–Kier alpha value is -2.04. The van der Waals surface area contributed by atoms with E-state index in [9.17, 15) is 9.59 Å². The average molecular weight is 263 g/mol. The van der Waals surface area contributed by atoms with E-state index in [1.54, 1.807) is 26.2 Å². The number of nitrogens with zero attached hydrogens (tertiary/aromatic N) is 1. The summed E-state index contributed by atoms with van der Waals surface area (Å²) in [7, 11) is 3.41. The van der Waals surface area contributed by atoms with Crippen LogP contribution in [0.1, 0.15) is 24.8 Å². The maximum atomic E-state index is 11.8. The standard InChI is InChI=1S/C14H21N3O2/c1-10-7-8-11(15)9-12(10)16-13(18)5-4-6-14(19)17(2)3/h7-9H,4-6,15H2,1-3H3,(H,16,18).